The van der Waals surface area contributed by atoms with Gasteiger partial charge in [-0.3, -0.25) is 4.79 Å². The highest BCUT2D eigenvalue weighted by atomic mass is 79.9. The number of carbonyl (C=O) groups is 2. The average molecular weight is 455 g/mol. The van der Waals surface area contributed by atoms with E-state index in [0.717, 1.165) is 18.7 Å². The molecule has 0 aliphatic carbocycles. The van der Waals surface area contributed by atoms with Crippen molar-refractivity contribution in [2.45, 2.75) is 18.4 Å². The fourth-order valence-corrected chi connectivity index (χ4v) is 4.47. The monoisotopic (exact) mass is 453 g/mol. The zero-order valence-corrected chi connectivity index (χ0v) is 16.7. The van der Waals surface area contributed by atoms with E-state index in [1.165, 1.54) is 6.07 Å². The predicted molar refractivity (Wildman–Crippen MR) is 103 cm³/mol. The Kier molecular flexibility index (Phi) is 4.59. The van der Waals surface area contributed by atoms with E-state index in [-0.39, 0.29) is 5.78 Å². The van der Waals surface area contributed by atoms with Crippen LogP contribution in [0.5, 0.6) is 0 Å². The molecule has 2 aliphatic heterocycles. The van der Waals surface area contributed by atoms with Gasteiger partial charge in [-0.05, 0) is 37.4 Å². The Balaban J connectivity index is 1.86. The van der Waals surface area contributed by atoms with Crippen molar-refractivity contribution in [3.05, 3.63) is 67.1 Å². The van der Waals surface area contributed by atoms with Crippen LogP contribution in [0.3, 0.4) is 0 Å². The van der Waals surface area contributed by atoms with E-state index in [9.17, 15) is 9.59 Å². The number of fused-ring (bicyclic) bond motifs is 2. The van der Waals surface area contributed by atoms with E-state index in [1.54, 1.807) is 18.2 Å². The number of ether oxygens (including phenoxy) is 1. The minimum Gasteiger partial charge on any atom is -0.450 e. The number of halogens is 3. The second kappa shape index (κ2) is 6.64. The number of benzene rings is 2. The van der Waals surface area contributed by atoms with Crippen LogP contribution >= 0.6 is 39.1 Å². The van der Waals surface area contributed by atoms with Crippen molar-refractivity contribution in [1.82, 2.24) is 5.32 Å². The lowest BCUT2D eigenvalue weighted by atomic mass is 9.82. The Hall–Kier alpha value is -1.40. The molecular formula is C19H14BrCl2NO3. The van der Waals surface area contributed by atoms with Crippen LogP contribution in [0, 0.1) is 0 Å². The van der Waals surface area contributed by atoms with Crippen molar-refractivity contribution < 1.29 is 14.3 Å². The summed E-state index contributed by atoms with van der Waals surface area (Å²) in [6.07, 6.45) is 1.38. The molecule has 2 heterocycles. The number of esters is 1. The SMILES string of the molecule is O=C(c1ccc(Cl)c(Cl)c1)c1c(Br)ccc2c1C(=O)OC21CCNCC1. The summed E-state index contributed by atoms with van der Waals surface area (Å²) in [7, 11) is 0. The third-order valence-corrected chi connectivity index (χ3v) is 6.36. The van der Waals surface area contributed by atoms with Gasteiger partial charge in [0.05, 0.1) is 21.2 Å². The number of hydrogen-bond acceptors (Lipinski definition) is 4. The van der Waals surface area contributed by atoms with Crippen molar-refractivity contribution in [1.29, 1.82) is 0 Å². The minimum absolute atomic E-state index is 0.290. The maximum atomic E-state index is 13.2. The lowest BCUT2D eigenvalue weighted by Crippen LogP contribution is -2.40. The molecule has 1 fully saturated rings. The maximum Gasteiger partial charge on any atom is 0.340 e. The molecule has 0 bridgehead atoms. The van der Waals surface area contributed by atoms with E-state index >= 15 is 0 Å². The van der Waals surface area contributed by atoms with Gasteiger partial charge in [0.1, 0.15) is 5.60 Å². The van der Waals surface area contributed by atoms with Crippen molar-refractivity contribution in [3.8, 4) is 0 Å². The van der Waals surface area contributed by atoms with Gasteiger partial charge < -0.3 is 10.1 Å². The number of ketones is 1. The first kappa shape index (κ1) is 18.0. The molecular weight excluding hydrogens is 441 g/mol. The van der Waals surface area contributed by atoms with Crippen molar-refractivity contribution in [2.75, 3.05) is 13.1 Å². The number of carbonyl (C=O) groups excluding carboxylic acids is 2. The lowest BCUT2D eigenvalue weighted by Gasteiger charge is -2.33. The van der Waals surface area contributed by atoms with Crippen LogP contribution in [-0.4, -0.2) is 24.8 Å². The summed E-state index contributed by atoms with van der Waals surface area (Å²) in [6, 6.07) is 8.36. The summed E-state index contributed by atoms with van der Waals surface area (Å²) in [4.78, 5) is 25.9. The second-order valence-electron chi connectivity index (χ2n) is 6.44. The first-order valence-corrected chi connectivity index (χ1v) is 9.75. The lowest BCUT2D eigenvalue weighted by molar-refractivity contribution is -0.0242. The van der Waals surface area contributed by atoms with Crippen LogP contribution in [-0.2, 0) is 10.3 Å². The zero-order valence-electron chi connectivity index (χ0n) is 13.6. The highest BCUT2D eigenvalue weighted by molar-refractivity contribution is 9.10. The molecule has 0 saturated carbocycles. The molecule has 1 N–H and O–H groups in total. The van der Waals surface area contributed by atoms with Crippen LogP contribution in [0.25, 0.3) is 0 Å². The number of nitrogens with one attached hydrogen (secondary N) is 1. The van der Waals surface area contributed by atoms with Crippen molar-refractivity contribution in [2.24, 2.45) is 0 Å². The number of rotatable bonds is 2. The molecule has 2 aliphatic rings. The second-order valence-corrected chi connectivity index (χ2v) is 8.11. The van der Waals surface area contributed by atoms with Crippen molar-refractivity contribution >= 4 is 50.9 Å². The number of piperidine rings is 1. The molecule has 2 aromatic carbocycles. The Labute approximate surface area is 168 Å². The number of hydrogen-bond donors (Lipinski definition) is 1. The third kappa shape index (κ3) is 2.78. The highest BCUT2D eigenvalue weighted by Gasteiger charge is 2.48. The zero-order chi connectivity index (χ0) is 18.5. The van der Waals surface area contributed by atoms with Gasteiger partial charge in [0.2, 0.25) is 0 Å². The molecule has 0 unspecified atom stereocenters. The molecule has 1 spiro atoms. The van der Waals surface area contributed by atoms with Gasteiger partial charge in [-0.15, -0.1) is 0 Å². The topological polar surface area (TPSA) is 55.4 Å². The molecule has 0 amide bonds. The van der Waals surface area contributed by atoms with Gasteiger partial charge in [-0.1, -0.05) is 45.2 Å². The Morgan fingerprint density at radius 3 is 2.54 bits per heavy atom. The van der Waals surface area contributed by atoms with E-state index in [4.69, 9.17) is 27.9 Å². The molecule has 1 saturated heterocycles. The largest absolute Gasteiger partial charge is 0.450 e. The predicted octanol–water partition coefficient (Wildman–Crippen LogP) is 4.74. The summed E-state index contributed by atoms with van der Waals surface area (Å²) in [6.45, 7) is 1.53. The van der Waals surface area contributed by atoms with E-state index in [2.05, 4.69) is 21.2 Å². The molecule has 26 heavy (non-hydrogen) atoms. The smallest absolute Gasteiger partial charge is 0.340 e. The van der Waals surface area contributed by atoms with Gasteiger partial charge in [-0.2, -0.15) is 0 Å². The summed E-state index contributed by atoms with van der Waals surface area (Å²) >= 11 is 15.4. The Bertz CT molecular complexity index is 939. The maximum absolute atomic E-state index is 13.2. The first-order valence-electron chi connectivity index (χ1n) is 8.20. The minimum atomic E-state index is -0.648. The first-order chi connectivity index (χ1) is 12.4. The summed E-state index contributed by atoms with van der Waals surface area (Å²) < 4.78 is 6.34. The van der Waals surface area contributed by atoms with Gasteiger partial charge in [0, 0.05) is 28.4 Å². The summed E-state index contributed by atoms with van der Waals surface area (Å²) in [5.41, 5.74) is 1.16. The standard InChI is InChI=1S/C19H14BrCl2NO3/c20-12-3-2-11-15(18(25)26-19(11)5-7-23-8-6-19)16(12)17(24)10-1-4-13(21)14(22)9-10/h1-4,9,23H,5-8H2. The molecule has 0 atom stereocenters. The Morgan fingerprint density at radius 2 is 1.85 bits per heavy atom. The van der Waals surface area contributed by atoms with E-state index in [0.29, 0.717) is 44.0 Å². The molecule has 4 nitrogen and oxygen atoms in total. The normalized spacial score (nSPS) is 17.9. The molecule has 134 valence electrons. The van der Waals surface area contributed by atoms with E-state index < -0.39 is 11.6 Å². The average Bonchev–Trinajstić information content (AvgIpc) is 2.89. The van der Waals surface area contributed by atoms with Gasteiger partial charge >= 0.3 is 5.97 Å². The Morgan fingerprint density at radius 1 is 1.12 bits per heavy atom. The van der Waals surface area contributed by atoms with Crippen LogP contribution < -0.4 is 5.32 Å². The highest BCUT2D eigenvalue weighted by Crippen LogP contribution is 2.45. The summed E-state index contributed by atoms with van der Waals surface area (Å²) in [5, 5.41) is 3.93. The van der Waals surface area contributed by atoms with E-state index in [1.807, 2.05) is 6.07 Å². The van der Waals surface area contributed by atoms with Crippen LogP contribution in [0.4, 0.5) is 0 Å². The fourth-order valence-electron chi connectivity index (χ4n) is 3.66. The van der Waals surface area contributed by atoms with Gasteiger partial charge in [0.25, 0.3) is 0 Å². The van der Waals surface area contributed by atoms with Crippen LogP contribution in [0.1, 0.15) is 44.7 Å². The third-order valence-electron chi connectivity index (χ3n) is 4.96. The van der Waals surface area contributed by atoms with Crippen LogP contribution in [0.2, 0.25) is 10.0 Å². The molecule has 4 rings (SSSR count). The molecule has 0 aromatic heterocycles. The molecule has 0 radical (unpaired) electrons. The fraction of sp³-hybridized carbons (Fsp3) is 0.263. The molecule has 2 aromatic rings. The quantitative estimate of drug-likeness (QED) is 0.526. The van der Waals surface area contributed by atoms with Gasteiger partial charge in [-0.25, -0.2) is 4.79 Å². The van der Waals surface area contributed by atoms with Crippen molar-refractivity contribution in [3.63, 3.8) is 0 Å². The van der Waals surface area contributed by atoms with Crippen LogP contribution in [0.15, 0.2) is 34.8 Å². The van der Waals surface area contributed by atoms with Gasteiger partial charge in [0.15, 0.2) is 5.78 Å². The molecule has 7 heteroatoms. The summed E-state index contributed by atoms with van der Waals surface area (Å²) in [5.74, 6) is -0.748.